The Kier molecular flexibility index (Phi) is 4.98. The molecule has 1 saturated heterocycles. The number of likely N-dealkylation sites (tertiary alicyclic amines) is 1. The standard InChI is InChI=1S/C16H22BrN3O2/c17-13-3-4-15(21)20(10-13)11-16(22)19-7-5-14(6-8-19)18-9-12-1-2-12/h3-4,10,12,14,18H,1-2,5-9,11H2. The zero-order valence-electron chi connectivity index (χ0n) is 12.6. The average Bonchev–Trinajstić information content (AvgIpc) is 3.33. The minimum Gasteiger partial charge on any atom is -0.341 e. The number of hydrogen-bond donors (Lipinski definition) is 1. The number of piperidine rings is 1. The van der Waals surface area contributed by atoms with Crippen molar-refractivity contribution in [2.75, 3.05) is 19.6 Å². The zero-order chi connectivity index (χ0) is 15.5. The summed E-state index contributed by atoms with van der Waals surface area (Å²) >= 11 is 3.33. The van der Waals surface area contributed by atoms with Crippen molar-refractivity contribution in [2.24, 2.45) is 5.92 Å². The van der Waals surface area contributed by atoms with Crippen LogP contribution in [0.25, 0.3) is 0 Å². The lowest BCUT2D eigenvalue weighted by Crippen LogP contribution is -2.46. The second kappa shape index (κ2) is 6.96. The molecule has 1 amide bonds. The molecule has 1 saturated carbocycles. The summed E-state index contributed by atoms with van der Waals surface area (Å²) in [6.07, 6.45) is 6.42. The summed E-state index contributed by atoms with van der Waals surface area (Å²) in [7, 11) is 0. The number of halogens is 1. The third-order valence-electron chi connectivity index (χ3n) is 4.49. The number of carbonyl (C=O) groups is 1. The van der Waals surface area contributed by atoms with Crippen LogP contribution >= 0.6 is 15.9 Å². The molecule has 1 aromatic rings. The van der Waals surface area contributed by atoms with Crippen molar-refractivity contribution in [3.8, 4) is 0 Å². The second-order valence-electron chi connectivity index (χ2n) is 6.32. The van der Waals surface area contributed by atoms with E-state index in [0.717, 1.165) is 42.9 Å². The van der Waals surface area contributed by atoms with E-state index in [9.17, 15) is 9.59 Å². The van der Waals surface area contributed by atoms with Crippen molar-refractivity contribution < 1.29 is 4.79 Å². The van der Waals surface area contributed by atoms with Gasteiger partial charge in [-0.3, -0.25) is 9.59 Å². The fraction of sp³-hybridized carbons (Fsp3) is 0.625. The van der Waals surface area contributed by atoms with Gasteiger partial charge in [0.1, 0.15) is 6.54 Å². The monoisotopic (exact) mass is 367 g/mol. The summed E-state index contributed by atoms with van der Waals surface area (Å²) in [4.78, 5) is 26.0. The molecule has 1 aliphatic carbocycles. The third-order valence-corrected chi connectivity index (χ3v) is 4.96. The van der Waals surface area contributed by atoms with Crippen LogP contribution in [0.4, 0.5) is 0 Å². The largest absolute Gasteiger partial charge is 0.341 e. The number of hydrogen-bond acceptors (Lipinski definition) is 3. The van der Waals surface area contributed by atoms with Crippen LogP contribution in [-0.2, 0) is 11.3 Å². The van der Waals surface area contributed by atoms with E-state index in [0.29, 0.717) is 6.04 Å². The molecule has 2 heterocycles. The average molecular weight is 368 g/mol. The Morgan fingerprint density at radius 3 is 2.64 bits per heavy atom. The molecule has 3 rings (SSSR count). The molecule has 5 nitrogen and oxygen atoms in total. The van der Waals surface area contributed by atoms with Crippen LogP contribution in [0.3, 0.4) is 0 Å². The highest BCUT2D eigenvalue weighted by atomic mass is 79.9. The van der Waals surface area contributed by atoms with E-state index >= 15 is 0 Å². The SMILES string of the molecule is O=C(Cn1cc(Br)ccc1=O)N1CCC(NCC2CC2)CC1. The van der Waals surface area contributed by atoms with E-state index in [2.05, 4.69) is 21.2 Å². The highest BCUT2D eigenvalue weighted by Gasteiger charge is 2.26. The van der Waals surface area contributed by atoms with Gasteiger partial charge in [0.2, 0.25) is 5.91 Å². The summed E-state index contributed by atoms with van der Waals surface area (Å²) in [5, 5.41) is 3.61. The number of pyridine rings is 1. The minimum absolute atomic E-state index is 0.0286. The first-order chi connectivity index (χ1) is 10.6. The summed E-state index contributed by atoms with van der Waals surface area (Å²) in [5.74, 6) is 0.920. The van der Waals surface area contributed by atoms with Crippen molar-refractivity contribution in [1.82, 2.24) is 14.8 Å². The van der Waals surface area contributed by atoms with E-state index in [4.69, 9.17) is 0 Å². The Balaban J connectivity index is 1.48. The van der Waals surface area contributed by atoms with Gasteiger partial charge in [-0.2, -0.15) is 0 Å². The molecule has 0 aromatic carbocycles. The van der Waals surface area contributed by atoms with Crippen molar-refractivity contribution >= 4 is 21.8 Å². The van der Waals surface area contributed by atoms with Crippen LogP contribution in [0, 0.1) is 5.92 Å². The van der Waals surface area contributed by atoms with Gasteiger partial charge >= 0.3 is 0 Å². The van der Waals surface area contributed by atoms with E-state index < -0.39 is 0 Å². The zero-order valence-corrected chi connectivity index (χ0v) is 14.2. The van der Waals surface area contributed by atoms with Gasteiger partial charge in [-0.15, -0.1) is 0 Å². The Morgan fingerprint density at radius 2 is 1.95 bits per heavy atom. The van der Waals surface area contributed by atoms with Crippen LogP contribution in [0.15, 0.2) is 27.6 Å². The lowest BCUT2D eigenvalue weighted by molar-refractivity contribution is -0.133. The van der Waals surface area contributed by atoms with Gasteiger partial charge in [0.25, 0.3) is 5.56 Å². The number of rotatable bonds is 5. The van der Waals surface area contributed by atoms with Crippen LogP contribution in [-0.4, -0.2) is 41.1 Å². The lowest BCUT2D eigenvalue weighted by Gasteiger charge is -2.32. The van der Waals surface area contributed by atoms with Crippen LogP contribution in [0.5, 0.6) is 0 Å². The number of carbonyl (C=O) groups excluding carboxylic acids is 1. The predicted octanol–water partition coefficient (Wildman–Crippen LogP) is 1.60. The summed E-state index contributed by atoms with van der Waals surface area (Å²) in [6.45, 7) is 2.82. The molecule has 1 aliphatic heterocycles. The predicted molar refractivity (Wildman–Crippen MR) is 88.7 cm³/mol. The maximum Gasteiger partial charge on any atom is 0.251 e. The molecule has 1 aromatic heterocycles. The number of nitrogens with zero attached hydrogens (tertiary/aromatic N) is 2. The number of aromatic nitrogens is 1. The van der Waals surface area contributed by atoms with E-state index in [1.807, 2.05) is 4.90 Å². The van der Waals surface area contributed by atoms with Gasteiger partial charge in [-0.05, 0) is 60.1 Å². The van der Waals surface area contributed by atoms with E-state index in [-0.39, 0.29) is 18.0 Å². The van der Waals surface area contributed by atoms with Crippen molar-refractivity contribution in [1.29, 1.82) is 0 Å². The molecule has 120 valence electrons. The van der Waals surface area contributed by atoms with E-state index in [1.54, 1.807) is 12.3 Å². The molecule has 2 aliphatic rings. The number of amides is 1. The fourth-order valence-corrected chi connectivity index (χ4v) is 3.24. The summed E-state index contributed by atoms with van der Waals surface area (Å²) < 4.78 is 2.27. The van der Waals surface area contributed by atoms with Gasteiger partial charge in [0.15, 0.2) is 0 Å². The highest BCUT2D eigenvalue weighted by molar-refractivity contribution is 9.10. The van der Waals surface area contributed by atoms with Crippen LogP contribution in [0.2, 0.25) is 0 Å². The first-order valence-electron chi connectivity index (χ1n) is 7.99. The molecule has 2 fully saturated rings. The van der Waals surface area contributed by atoms with E-state index in [1.165, 1.54) is 23.5 Å². The van der Waals surface area contributed by atoms with Crippen molar-refractivity contribution in [3.63, 3.8) is 0 Å². The van der Waals surface area contributed by atoms with Crippen LogP contribution in [0.1, 0.15) is 25.7 Å². The molecule has 22 heavy (non-hydrogen) atoms. The quantitative estimate of drug-likeness (QED) is 0.859. The van der Waals surface area contributed by atoms with Gasteiger partial charge in [0.05, 0.1) is 0 Å². The van der Waals surface area contributed by atoms with Gasteiger partial charge in [-0.25, -0.2) is 0 Å². The molecule has 0 atom stereocenters. The maximum absolute atomic E-state index is 12.3. The molecule has 0 radical (unpaired) electrons. The normalized spacial score (nSPS) is 19.4. The molecule has 6 heteroatoms. The van der Waals surface area contributed by atoms with Crippen molar-refractivity contribution in [2.45, 2.75) is 38.3 Å². The Morgan fingerprint density at radius 1 is 1.23 bits per heavy atom. The molecule has 1 N–H and O–H groups in total. The molecule has 0 bridgehead atoms. The van der Waals surface area contributed by atoms with Gasteiger partial charge in [-0.1, -0.05) is 0 Å². The lowest BCUT2D eigenvalue weighted by atomic mass is 10.0. The molecule has 0 unspecified atom stereocenters. The van der Waals surface area contributed by atoms with Crippen molar-refractivity contribution in [3.05, 3.63) is 33.2 Å². The molecular formula is C16H22BrN3O2. The number of nitrogens with one attached hydrogen (secondary N) is 1. The molecular weight excluding hydrogens is 346 g/mol. The minimum atomic E-state index is -0.141. The Labute approximate surface area is 138 Å². The van der Waals surface area contributed by atoms with Gasteiger partial charge in [0, 0.05) is 35.9 Å². The highest BCUT2D eigenvalue weighted by Crippen LogP contribution is 2.28. The molecule has 0 spiro atoms. The fourth-order valence-electron chi connectivity index (χ4n) is 2.86. The first-order valence-corrected chi connectivity index (χ1v) is 8.78. The summed E-state index contributed by atoms with van der Waals surface area (Å²) in [6, 6.07) is 3.71. The first kappa shape index (κ1) is 15.7. The van der Waals surface area contributed by atoms with Gasteiger partial charge < -0.3 is 14.8 Å². The Hall–Kier alpha value is -1.14. The van der Waals surface area contributed by atoms with Crippen LogP contribution < -0.4 is 10.9 Å². The smallest absolute Gasteiger partial charge is 0.251 e. The maximum atomic E-state index is 12.3. The third kappa shape index (κ3) is 4.20. The topological polar surface area (TPSA) is 54.3 Å². The Bertz CT molecular complexity index is 589. The second-order valence-corrected chi connectivity index (χ2v) is 7.24. The summed E-state index contributed by atoms with van der Waals surface area (Å²) in [5.41, 5.74) is -0.141.